The van der Waals surface area contributed by atoms with Crippen molar-refractivity contribution in [1.82, 2.24) is 9.55 Å². The number of rotatable bonds is 23. The Hall–Kier alpha value is -1.54. The molecule has 0 atom stereocenters. The highest BCUT2D eigenvalue weighted by molar-refractivity contribution is 7.99. The summed E-state index contributed by atoms with van der Waals surface area (Å²) >= 11 is 14.0. The Morgan fingerprint density at radius 3 is 1.88 bits per heavy atom. The third-order valence-corrected chi connectivity index (χ3v) is 8.64. The number of aryl methyl sites for hydroxylation is 1. The summed E-state index contributed by atoms with van der Waals surface area (Å²) in [6, 6.07) is 5.50. The number of hydrogen-bond acceptors (Lipinski definition) is 6. The lowest BCUT2D eigenvalue weighted by molar-refractivity contribution is -0.145. The van der Waals surface area contributed by atoms with E-state index in [1.807, 2.05) is 23.6 Å². The molecule has 2 rings (SSSR count). The van der Waals surface area contributed by atoms with Crippen LogP contribution in [-0.2, 0) is 25.8 Å². The van der Waals surface area contributed by atoms with Crippen molar-refractivity contribution >= 4 is 46.7 Å². The smallest absolute Gasteiger partial charge is 0.305 e. The van der Waals surface area contributed by atoms with Crippen LogP contribution in [0.25, 0.3) is 0 Å². The van der Waals surface area contributed by atoms with E-state index < -0.39 is 0 Å². The molecule has 6 nitrogen and oxygen atoms in total. The van der Waals surface area contributed by atoms with Gasteiger partial charge < -0.3 is 14.3 Å². The van der Waals surface area contributed by atoms with Crippen LogP contribution in [0.5, 0.6) is 0 Å². The number of carbonyl (C=O) groups excluding carboxylic acids is 2. The van der Waals surface area contributed by atoms with E-state index in [1.54, 1.807) is 24.8 Å². The molecule has 0 saturated heterocycles. The summed E-state index contributed by atoms with van der Waals surface area (Å²) in [7, 11) is 0. The van der Waals surface area contributed by atoms with Crippen molar-refractivity contribution in [2.24, 2.45) is 0 Å². The molecule has 0 aliphatic carbocycles. The van der Waals surface area contributed by atoms with E-state index in [-0.39, 0.29) is 18.5 Å². The normalized spacial score (nSPS) is 11.4. The van der Waals surface area contributed by atoms with Crippen LogP contribution in [0.15, 0.2) is 28.1 Å². The second-order valence-corrected chi connectivity index (χ2v) is 13.3. The van der Waals surface area contributed by atoms with Gasteiger partial charge >= 0.3 is 5.97 Å². The van der Waals surface area contributed by atoms with Crippen molar-refractivity contribution in [2.45, 2.75) is 140 Å². The molecule has 0 amide bonds. The Labute approximate surface area is 267 Å². The maximum Gasteiger partial charge on any atom is 0.305 e. The first-order valence-electron chi connectivity index (χ1n) is 15.6. The van der Waals surface area contributed by atoms with Gasteiger partial charge in [-0.1, -0.05) is 113 Å². The number of Topliss-reactive ketones (excluding diaryl/α,β-unsaturated/α-hetero) is 1. The Kier molecular flexibility index (Phi) is 18.5. The van der Waals surface area contributed by atoms with E-state index in [0.29, 0.717) is 35.6 Å². The van der Waals surface area contributed by atoms with Gasteiger partial charge in [-0.2, -0.15) is 0 Å². The molecule has 0 aliphatic rings. The van der Waals surface area contributed by atoms with E-state index in [0.717, 1.165) is 47.1 Å². The fourth-order valence-electron chi connectivity index (χ4n) is 4.76. The Morgan fingerprint density at radius 1 is 0.833 bits per heavy atom. The number of nitrogens with zero attached hydrogens (tertiary/aromatic N) is 2. The van der Waals surface area contributed by atoms with Gasteiger partial charge in [0.15, 0.2) is 0 Å². The number of aromatic nitrogens is 2. The third kappa shape index (κ3) is 15.3. The summed E-state index contributed by atoms with van der Waals surface area (Å²) in [6.45, 7) is 8.76. The molecule has 0 fully saturated rings. The quantitative estimate of drug-likeness (QED) is 0.0888. The van der Waals surface area contributed by atoms with Crippen LogP contribution in [0.3, 0.4) is 0 Å². The molecule has 2 aromatic rings. The van der Waals surface area contributed by atoms with Gasteiger partial charge in [0, 0.05) is 27.8 Å². The van der Waals surface area contributed by atoms with Crippen molar-refractivity contribution in [3.05, 3.63) is 39.8 Å². The molecule has 0 aliphatic heterocycles. The van der Waals surface area contributed by atoms with Crippen molar-refractivity contribution in [3.8, 4) is 0 Å². The zero-order chi connectivity index (χ0) is 30.7. The van der Waals surface area contributed by atoms with Gasteiger partial charge in [0.1, 0.15) is 30.0 Å². The van der Waals surface area contributed by atoms with Crippen LogP contribution in [0.1, 0.15) is 128 Å². The molecular formula is C33H50Cl2N2O4S. The van der Waals surface area contributed by atoms with E-state index >= 15 is 0 Å². The molecule has 0 unspecified atom stereocenters. The Balaban J connectivity index is 1.55. The first kappa shape index (κ1) is 36.7. The van der Waals surface area contributed by atoms with Crippen LogP contribution >= 0.6 is 35.0 Å². The lowest BCUT2D eigenvalue weighted by Crippen LogP contribution is -2.13. The van der Waals surface area contributed by atoms with Crippen LogP contribution in [0, 0.1) is 6.92 Å². The van der Waals surface area contributed by atoms with Gasteiger partial charge in [-0.25, -0.2) is 4.98 Å². The van der Waals surface area contributed by atoms with Gasteiger partial charge in [0.05, 0.1) is 12.3 Å². The summed E-state index contributed by atoms with van der Waals surface area (Å²) in [5, 5.41) is 2.18. The number of unbranched alkanes of at least 4 members (excludes halogenated alkanes) is 11. The van der Waals surface area contributed by atoms with Gasteiger partial charge in [0.2, 0.25) is 0 Å². The minimum absolute atomic E-state index is 0.156. The molecular weight excluding hydrogens is 591 g/mol. The maximum atomic E-state index is 12.1. The maximum absolute atomic E-state index is 12.1. The number of halogens is 2. The lowest BCUT2D eigenvalue weighted by Gasteiger charge is -2.13. The molecule has 1 aromatic carbocycles. The van der Waals surface area contributed by atoms with E-state index in [9.17, 15) is 9.59 Å². The van der Waals surface area contributed by atoms with Crippen molar-refractivity contribution in [3.63, 3.8) is 0 Å². The van der Waals surface area contributed by atoms with E-state index in [1.165, 1.54) is 57.8 Å². The summed E-state index contributed by atoms with van der Waals surface area (Å²) in [6.07, 6.45) is 15.5. The van der Waals surface area contributed by atoms with Crippen LogP contribution < -0.4 is 0 Å². The minimum Gasteiger partial charge on any atom is -0.463 e. The molecule has 1 aromatic heterocycles. The van der Waals surface area contributed by atoms with Crippen molar-refractivity contribution in [2.75, 3.05) is 13.2 Å². The summed E-state index contributed by atoms with van der Waals surface area (Å²) in [5.41, 5.74) is 0.997. The van der Waals surface area contributed by atoms with Crippen LogP contribution in [-0.4, -0.2) is 34.5 Å². The predicted molar refractivity (Wildman–Crippen MR) is 174 cm³/mol. The largest absolute Gasteiger partial charge is 0.463 e. The summed E-state index contributed by atoms with van der Waals surface area (Å²) in [4.78, 5) is 28.8. The zero-order valence-electron chi connectivity index (χ0n) is 26.0. The molecule has 0 bridgehead atoms. The highest BCUT2D eigenvalue weighted by atomic mass is 35.5. The zero-order valence-corrected chi connectivity index (χ0v) is 28.4. The topological polar surface area (TPSA) is 70.4 Å². The standard InChI is InChI=1S/C33H50Cl2N2O4S/c1-25(2)32-33(42-30-22-28(34)21-29(35)23-30)37(27(4)36-32)24-40-19-20-41-31(39)18-16-14-12-10-8-6-5-7-9-11-13-15-17-26(3)38/h21-23,25H,5-20,24H2,1-4H3. The first-order chi connectivity index (χ1) is 20.2. The highest BCUT2D eigenvalue weighted by Crippen LogP contribution is 2.37. The number of hydrogen-bond donors (Lipinski definition) is 0. The Morgan fingerprint density at radius 2 is 1.36 bits per heavy atom. The van der Waals surface area contributed by atoms with E-state index in [2.05, 4.69) is 13.8 Å². The second kappa shape index (κ2) is 21.2. The summed E-state index contributed by atoms with van der Waals surface area (Å²) in [5.74, 6) is 1.26. The molecule has 0 saturated carbocycles. The molecule has 0 N–H and O–H groups in total. The Bertz CT molecular complexity index is 1070. The fourth-order valence-corrected chi connectivity index (χ4v) is 6.69. The molecule has 236 valence electrons. The number of ether oxygens (including phenoxy) is 2. The minimum atomic E-state index is -0.156. The number of ketones is 1. The van der Waals surface area contributed by atoms with Gasteiger partial charge in [-0.05, 0) is 50.8 Å². The number of esters is 1. The van der Waals surface area contributed by atoms with Crippen molar-refractivity contribution in [1.29, 1.82) is 0 Å². The average Bonchev–Trinajstić information content (AvgIpc) is 3.22. The van der Waals surface area contributed by atoms with Crippen molar-refractivity contribution < 1.29 is 19.1 Å². The molecule has 0 spiro atoms. The fraction of sp³-hybridized carbons (Fsp3) is 0.667. The van der Waals surface area contributed by atoms with Gasteiger partial charge in [-0.15, -0.1) is 0 Å². The van der Waals surface area contributed by atoms with Gasteiger partial charge in [0.25, 0.3) is 0 Å². The number of carbonyl (C=O) groups is 2. The molecule has 1 heterocycles. The second-order valence-electron chi connectivity index (χ2n) is 11.3. The van der Waals surface area contributed by atoms with Crippen LogP contribution in [0.2, 0.25) is 10.0 Å². The van der Waals surface area contributed by atoms with Crippen LogP contribution in [0.4, 0.5) is 0 Å². The predicted octanol–water partition coefficient (Wildman–Crippen LogP) is 10.3. The average molecular weight is 642 g/mol. The lowest BCUT2D eigenvalue weighted by atomic mass is 10.0. The monoisotopic (exact) mass is 640 g/mol. The number of imidazole rings is 1. The van der Waals surface area contributed by atoms with Gasteiger partial charge in [-0.3, -0.25) is 9.36 Å². The molecule has 0 radical (unpaired) electrons. The number of benzene rings is 1. The third-order valence-electron chi connectivity index (χ3n) is 7.11. The summed E-state index contributed by atoms with van der Waals surface area (Å²) < 4.78 is 13.3. The molecule has 42 heavy (non-hydrogen) atoms. The van der Waals surface area contributed by atoms with E-state index in [4.69, 9.17) is 37.7 Å². The highest BCUT2D eigenvalue weighted by Gasteiger charge is 2.19. The molecule has 9 heteroatoms. The first-order valence-corrected chi connectivity index (χ1v) is 17.2. The SMILES string of the molecule is CC(=O)CCCCCCCCCCCCCCC(=O)OCCOCn1c(C)nc(C(C)C)c1Sc1cc(Cl)cc(Cl)c1.